The first kappa shape index (κ1) is 15.1. The van der Waals surface area contributed by atoms with Crippen LogP contribution in [0.15, 0.2) is 24.3 Å². The van der Waals surface area contributed by atoms with Crippen molar-refractivity contribution in [3.63, 3.8) is 0 Å². The van der Waals surface area contributed by atoms with Gasteiger partial charge in [-0.3, -0.25) is 14.5 Å². The number of anilines is 1. The monoisotopic (exact) mass is 300 g/mol. The first-order valence-electron chi connectivity index (χ1n) is 8.41. The highest BCUT2D eigenvalue weighted by atomic mass is 16.2. The van der Waals surface area contributed by atoms with Crippen molar-refractivity contribution in [1.29, 1.82) is 0 Å². The van der Waals surface area contributed by atoms with Crippen molar-refractivity contribution < 1.29 is 9.59 Å². The van der Waals surface area contributed by atoms with Gasteiger partial charge in [-0.05, 0) is 24.5 Å². The van der Waals surface area contributed by atoms with E-state index in [1.165, 1.54) is 12.8 Å². The Morgan fingerprint density at radius 1 is 1.09 bits per heavy atom. The lowest BCUT2D eigenvalue weighted by atomic mass is 10.1. The molecule has 1 atom stereocenters. The van der Waals surface area contributed by atoms with E-state index < -0.39 is 0 Å². The zero-order valence-electron chi connectivity index (χ0n) is 13.3. The molecule has 1 fully saturated rings. The van der Waals surface area contributed by atoms with Gasteiger partial charge in [0.25, 0.3) is 0 Å². The minimum atomic E-state index is -0.344. The lowest BCUT2D eigenvalue weighted by Gasteiger charge is -2.30. The summed E-state index contributed by atoms with van der Waals surface area (Å²) in [6.07, 6.45) is 5.63. The van der Waals surface area contributed by atoms with Crippen LogP contribution in [0.1, 0.15) is 44.6 Å². The summed E-state index contributed by atoms with van der Waals surface area (Å²) in [5.41, 5.74) is 2.03. The van der Waals surface area contributed by atoms with Crippen LogP contribution in [0.4, 0.5) is 5.69 Å². The topological polar surface area (TPSA) is 40.6 Å². The molecular weight excluding hydrogens is 276 g/mol. The van der Waals surface area contributed by atoms with Crippen LogP contribution in [0.5, 0.6) is 0 Å². The van der Waals surface area contributed by atoms with E-state index in [1.807, 2.05) is 36.1 Å². The molecule has 2 aliphatic heterocycles. The van der Waals surface area contributed by atoms with Crippen LogP contribution in [-0.2, 0) is 16.0 Å². The molecule has 1 unspecified atom stereocenters. The van der Waals surface area contributed by atoms with Crippen molar-refractivity contribution in [2.24, 2.45) is 0 Å². The molecule has 22 heavy (non-hydrogen) atoms. The Labute approximate surface area is 132 Å². The van der Waals surface area contributed by atoms with Gasteiger partial charge in [0.15, 0.2) is 0 Å². The maximum absolute atomic E-state index is 13.0. The van der Waals surface area contributed by atoms with E-state index in [9.17, 15) is 9.59 Å². The third-order valence-electron chi connectivity index (χ3n) is 4.75. The summed E-state index contributed by atoms with van der Waals surface area (Å²) < 4.78 is 0. The molecule has 0 saturated carbocycles. The van der Waals surface area contributed by atoms with Gasteiger partial charge in [0, 0.05) is 31.6 Å². The smallest absolute Gasteiger partial charge is 0.246 e. The Hall–Kier alpha value is -1.84. The van der Waals surface area contributed by atoms with Crippen molar-refractivity contribution in [3.05, 3.63) is 29.8 Å². The number of carbonyl (C=O) groups excluding carboxylic acids is 2. The third kappa shape index (κ3) is 2.74. The number of nitrogens with zero attached hydrogens (tertiary/aromatic N) is 2. The number of hydrogen-bond acceptors (Lipinski definition) is 2. The number of carbonyl (C=O) groups is 2. The molecule has 4 nitrogen and oxygen atoms in total. The zero-order valence-corrected chi connectivity index (χ0v) is 13.3. The third-order valence-corrected chi connectivity index (χ3v) is 4.75. The number of hydrogen-bond donors (Lipinski definition) is 0. The number of amides is 2. The fraction of sp³-hybridized carbons (Fsp3) is 0.556. The Kier molecular flexibility index (Phi) is 4.46. The van der Waals surface area contributed by atoms with Gasteiger partial charge in [-0.2, -0.15) is 0 Å². The average molecular weight is 300 g/mol. The second-order valence-electron chi connectivity index (χ2n) is 6.21. The van der Waals surface area contributed by atoms with E-state index >= 15 is 0 Å². The maximum Gasteiger partial charge on any atom is 0.246 e. The molecule has 1 aromatic carbocycles. The number of rotatable bonds is 2. The minimum Gasteiger partial charge on any atom is -0.341 e. The van der Waals surface area contributed by atoms with Gasteiger partial charge in [-0.15, -0.1) is 0 Å². The molecule has 2 heterocycles. The SMILES string of the molecule is CCC(=O)N1c2ccccc2CC1C(=O)N1CCCCCC1. The first-order valence-corrected chi connectivity index (χ1v) is 8.41. The van der Waals surface area contributed by atoms with E-state index in [1.54, 1.807) is 4.90 Å². The Balaban J connectivity index is 1.86. The molecule has 4 heteroatoms. The molecule has 1 saturated heterocycles. The summed E-state index contributed by atoms with van der Waals surface area (Å²) in [6.45, 7) is 3.52. The molecule has 118 valence electrons. The summed E-state index contributed by atoms with van der Waals surface area (Å²) in [5.74, 6) is 0.165. The number of benzene rings is 1. The summed E-state index contributed by atoms with van der Waals surface area (Å²) >= 11 is 0. The van der Waals surface area contributed by atoms with Crippen molar-refractivity contribution in [2.45, 2.75) is 51.5 Å². The normalized spacial score (nSPS) is 21.4. The van der Waals surface area contributed by atoms with Crippen molar-refractivity contribution >= 4 is 17.5 Å². The molecule has 2 amide bonds. The molecule has 0 aliphatic carbocycles. The van der Waals surface area contributed by atoms with Gasteiger partial charge in [-0.25, -0.2) is 0 Å². The van der Waals surface area contributed by atoms with Gasteiger partial charge in [0.2, 0.25) is 11.8 Å². The summed E-state index contributed by atoms with van der Waals surface area (Å²) in [7, 11) is 0. The molecule has 0 spiro atoms. The Bertz CT molecular complexity index is 562. The highest BCUT2D eigenvalue weighted by molar-refractivity contribution is 6.03. The molecule has 0 bridgehead atoms. The predicted molar refractivity (Wildman–Crippen MR) is 86.8 cm³/mol. The van der Waals surface area contributed by atoms with Crippen LogP contribution >= 0.6 is 0 Å². The van der Waals surface area contributed by atoms with Gasteiger partial charge in [-0.1, -0.05) is 38.0 Å². The largest absolute Gasteiger partial charge is 0.341 e. The van der Waals surface area contributed by atoms with Crippen molar-refractivity contribution in [1.82, 2.24) is 4.90 Å². The van der Waals surface area contributed by atoms with Crippen molar-refractivity contribution in [2.75, 3.05) is 18.0 Å². The predicted octanol–water partition coefficient (Wildman–Crippen LogP) is 2.76. The van der Waals surface area contributed by atoms with Gasteiger partial charge in [0.05, 0.1) is 0 Å². The van der Waals surface area contributed by atoms with Crippen LogP contribution in [0.3, 0.4) is 0 Å². The summed E-state index contributed by atoms with van der Waals surface area (Å²) in [6, 6.07) is 7.56. The van der Waals surface area contributed by atoms with E-state index in [4.69, 9.17) is 0 Å². The highest BCUT2D eigenvalue weighted by Crippen LogP contribution is 2.33. The molecule has 0 aromatic heterocycles. The lowest BCUT2D eigenvalue weighted by Crippen LogP contribution is -2.49. The average Bonchev–Trinajstić information content (AvgIpc) is 2.73. The Morgan fingerprint density at radius 3 is 2.45 bits per heavy atom. The van der Waals surface area contributed by atoms with Crippen LogP contribution in [-0.4, -0.2) is 35.8 Å². The molecule has 3 rings (SSSR count). The summed E-state index contributed by atoms with van der Waals surface area (Å²) in [4.78, 5) is 29.1. The molecule has 2 aliphatic rings. The molecular formula is C18H24N2O2. The van der Waals surface area contributed by atoms with Crippen LogP contribution in [0.25, 0.3) is 0 Å². The number of fused-ring (bicyclic) bond motifs is 1. The van der Waals surface area contributed by atoms with Crippen molar-refractivity contribution in [3.8, 4) is 0 Å². The second kappa shape index (κ2) is 6.51. The van der Waals surface area contributed by atoms with Crippen LogP contribution in [0, 0.1) is 0 Å². The second-order valence-corrected chi connectivity index (χ2v) is 6.21. The first-order chi connectivity index (χ1) is 10.7. The number of likely N-dealkylation sites (tertiary alicyclic amines) is 1. The number of para-hydroxylation sites is 1. The quantitative estimate of drug-likeness (QED) is 0.842. The fourth-order valence-corrected chi connectivity index (χ4v) is 3.56. The van der Waals surface area contributed by atoms with Gasteiger partial charge in [0.1, 0.15) is 6.04 Å². The zero-order chi connectivity index (χ0) is 15.5. The highest BCUT2D eigenvalue weighted by Gasteiger charge is 2.39. The van der Waals surface area contributed by atoms with Crippen LogP contribution < -0.4 is 4.90 Å². The molecule has 0 N–H and O–H groups in total. The summed E-state index contributed by atoms with van der Waals surface area (Å²) in [5, 5.41) is 0. The maximum atomic E-state index is 13.0. The van der Waals surface area contributed by atoms with Crippen LogP contribution in [0.2, 0.25) is 0 Å². The van der Waals surface area contributed by atoms with E-state index in [0.29, 0.717) is 12.8 Å². The van der Waals surface area contributed by atoms with E-state index in [0.717, 1.165) is 37.2 Å². The fourth-order valence-electron chi connectivity index (χ4n) is 3.56. The molecule has 0 radical (unpaired) electrons. The lowest BCUT2D eigenvalue weighted by molar-refractivity contribution is -0.134. The molecule has 1 aromatic rings. The minimum absolute atomic E-state index is 0.0399. The standard InChI is InChI=1S/C18H24N2O2/c1-2-17(21)20-15-10-6-5-9-14(15)13-16(20)18(22)19-11-7-3-4-8-12-19/h5-6,9-10,16H,2-4,7-8,11-13H2,1H3. The Morgan fingerprint density at radius 2 is 1.77 bits per heavy atom. The van der Waals surface area contributed by atoms with E-state index in [-0.39, 0.29) is 17.9 Å². The van der Waals surface area contributed by atoms with Gasteiger partial charge >= 0.3 is 0 Å². The van der Waals surface area contributed by atoms with Gasteiger partial charge < -0.3 is 4.90 Å². The van der Waals surface area contributed by atoms with E-state index in [2.05, 4.69) is 0 Å².